The number of aromatic nitrogens is 6. The van der Waals surface area contributed by atoms with Gasteiger partial charge in [0.15, 0.2) is 0 Å². The minimum absolute atomic E-state index is 0.0571. The van der Waals surface area contributed by atoms with Crippen molar-refractivity contribution < 1.29 is 22.4 Å². The monoisotopic (exact) mass is 445 g/mol. The summed E-state index contributed by atoms with van der Waals surface area (Å²) >= 11 is 0. The summed E-state index contributed by atoms with van der Waals surface area (Å²) in [4.78, 5) is 22.1. The first-order valence-corrected chi connectivity index (χ1v) is 9.96. The van der Waals surface area contributed by atoms with Gasteiger partial charge in [0, 0.05) is 30.8 Å². The summed E-state index contributed by atoms with van der Waals surface area (Å²) in [5, 5.41) is 12.1. The van der Waals surface area contributed by atoms with Gasteiger partial charge >= 0.3 is 18.0 Å². The van der Waals surface area contributed by atoms with Crippen molar-refractivity contribution in [2.45, 2.75) is 38.4 Å². The minimum atomic E-state index is -4.55. The molecule has 0 saturated heterocycles. The van der Waals surface area contributed by atoms with Crippen LogP contribution in [0.5, 0.6) is 0 Å². The van der Waals surface area contributed by atoms with Crippen LogP contribution in [0.2, 0.25) is 0 Å². The molecule has 1 atom stereocenters. The van der Waals surface area contributed by atoms with Crippen molar-refractivity contribution in [3.63, 3.8) is 0 Å². The molecule has 166 valence electrons. The number of nitrogens with zero attached hydrogens (tertiary/aromatic N) is 6. The van der Waals surface area contributed by atoms with Gasteiger partial charge in [-0.25, -0.2) is 9.50 Å². The molecule has 5 heterocycles. The normalized spacial score (nSPS) is 16.7. The lowest BCUT2D eigenvalue weighted by atomic mass is 9.99. The number of carbonyl (C=O) groups is 1. The standard InChI is InChI=1S/C20H18F3N7O2/c1-10(2)17-26-27-18(32-17)19(31)29-7-5-12-15(25-9-24-12)16(29)13-8-14-11(20(21,22)23)4-3-6-30(14)28-13/h3-4,6,8-10,16H,5,7H2,1-2H3,(H,24,25)/t16-/m1/s1. The Labute approximate surface area is 179 Å². The summed E-state index contributed by atoms with van der Waals surface area (Å²) in [6, 6.07) is 2.80. The first-order valence-electron chi connectivity index (χ1n) is 9.96. The van der Waals surface area contributed by atoms with E-state index in [-0.39, 0.29) is 29.6 Å². The van der Waals surface area contributed by atoms with Crippen LogP contribution in [-0.4, -0.2) is 47.1 Å². The summed E-state index contributed by atoms with van der Waals surface area (Å²) in [7, 11) is 0. The van der Waals surface area contributed by atoms with Gasteiger partial charge in [-0.15, -0.1) is 10.2 Å². The zero-order valence-electron chi connectivity index (χ0n) is 17.1. The third kappa shape index (κ3) is 3.22. The smallest absolute Gasteiger partial charge is 0.417 e. The second-order valence-electron chi connectivity index (χ2n) is 7.84. The number of carbonyl (C=O) groups excluding carboxylic acids is 1. The Morgan fingerprint density at radius 2 is 2.12 bits per heavy atom. The quantitative estimate of drug-likeness (QED) is 0.518. The van der Waals surface area contributed by atoms with E-state index in [1.807, 2.05) is 13.8 Å². The molecule has 4 aromatic rings. The number of halogens is 3. The molecule has 32 heavy (non-hydrogen) atoms. The van der Waals surface area contributed by atoms with Crippen LogP contribution < -0.4 is 0 Å². The highest BCUT2D eigenvalue weighted by Gasteiger charge is 2.39. The third-order valence-corrected chi connectivity index (χ3v) is 5.41. The molecule has 5 rings (SSSR count). The number of pyridine rings is 1. The van der Waals surface area contributed by atoms with E-state index in [1.165, 1.54) is 29.6 Å². The van der Waals surface area contributed by atoms with Gasteiger partial charge in [0.2, 0.25) is 5.89 Å². The van der Waals surface area contributed by atoms with E-state index in [2.05, 4.69) is 25.3 Å². The zero-order chi connectivity index (χ0) is 22.6. The Morgan fingerprint density at radius 1 is 1.31 bits per heavy atom. The first kappa shape index (κ1) is 20.2. The molecule has 1 N–H and O–H groups in total. The predicted molar refractivity (Wildman–Crippen MR) is 104 cm³/mol. The molecule has 0 bridgehead atoms. The van der Waals surface area contributed by atoms with Crippen LogP contribution in [0.25, 0.3) is 5.52 Å². The van der Waals surface area contributed by atoms with Gasteiger partial charge in [-0.05, 0) is 18.2 Å². The molecular weight excluding hydrogens is 427 g/mol. The van der Waals surface area contributed by atoms with E-state index in [9.17, 15) is 18.0 Å². The molecule has 12 heteroatoms. The summed E-state index contributed by atoms with van der Waals surface area (Å²) in [5.74, 6) is -0.447. The molecule has 0 aliphatic carbocycles. The van der Waals surface area contributed by atoms with Crippen LogP contribution in [-0.2, 0) is 12.6 Å². The number of imidazole rings is 1. The van der Waals surface area contributed by atoms with Crippen molar-refractivity contribution in [3.8, 4) is 0 Å². The number of amides is 1. The molecule has 9 nitrogen and oxygen atoms in total. The van der Waals surface area contributed by atoms with Crippen LogP contribution in [0.4, 0.5) is 13.2 Å². The molecule has 4 aromatic heterocycles. The Hall–Kier alpha value is -3.70. The highest BCUT2D eigenvalue weighted by atomic mass is 19.4. The van der Waals surface area contributed by atoms with Gasteiger partial charge in [0.25, 0.3) is 0 Å². The van der Waals surface area contributed by atoms with Crippen molar-refractivity contribution in [1.29, 1.82) is 0 Å². The number of aromatic amines is 1. The molecule has 1 aliphatic rings. The molecule has 0 radical (unpaired) electrons. The zero-order valence-corrected chi connectivity index (χ0v) is 17.1. The van der Waals surface area contributed by atoms with Crippen LogP contribution in [0, 0.1) is 0 Å². The fraction of sp³-hybridized carbons (Fsp3) is 0.350. The summed E-state index contributed by atoms with van der Waals surface area (Å²) in [6.45, 7) is 3.99. The van der Waals surface area contributed by atoms with E-state index < -0.39 is 23.7 Å². The first-order chi connectivity index (χ1) is 15.2. The second-order valence-corrected chi connectivity index (χ2v) is 7.84. The number of hydrogen-bond donors (Lipinski definition) is 1. The van der Waals surface area contributed by atoms with Gasteiger partial charge in [0.05, 0.1) is 28.8 Å². The Morgan fingerprint density at radius 3 is 2.84 bits per heavy atom. The van der Waals surface area contributed by atoms with Crippen LogP contribution in [0.15, 0.2) is 35.1 Å². The van der Waals surface area contributed by atoms with Gasteiger partial charge in [-0.1, -0.05) is 13.8 Å². The number of fused-ring (bicyclic) bond motifs is 2. The second kappa shape index (κ2) is 7.18. The van der Waals surface area contributed by atoms with E-state index >= 15 is 0 Å². The van der Waals surface area contributed by atoms with Crippen LogP contribution >= 0.6 is 0 Å². The number of nitrogens with one attached hydrogen (secondary N) is 1. The van der Waals surface area contributed by atoms with Crippen molar-refractivity contribution in [2.24, 2.45) is 0 Å². The third-order valence-electron chi connectivity index (χ3n) is 5.41. The summed E-state index contributed by atoms with van der Waals surface area (Å²) in [6.07, 6.45) is -1.13. The van der Waals surface area contributed by atoms with Gasteiger partial charge in [-0.3, -0.25) is 4.79 Å². The lowest BCUT2D eigenvalue weighted by Gasteiger charge is -2.32. The Balaban J connectivity index is 1.61. The summed E-state index contributed by atoms with van der Waals surface area (Å²) in [5.41, 5.74) is 0.649. The number of rotatable bonds is 3. The molecule has 0 aromatic carbocycles. The SMILES string of the molecule is CC(C)c1nnc(C(=O)N2CCc3[nH]cnc3[C@H]2c2cc3c(C(F)(F)F)cccn3n2)o1. The molecular formula is C20H18F3N7O2. The number of hydrogen-bond acceptors (Lipinski definition) is 6. The van der Waals surface area contributed by atoms with E-state index in [1.54, 1.807) is 0 Å². The lowest BCUT2D eigenvalue weighted by Crippen LogP contribution is -2.41. The Bertz CT molecular complexity index is 1300. The molecule has 0 saturated carbocycles. The van der Waals surface area contributed by atoms with Crippen molar-refractivity contribution in [3.05, 3.63) is 65.1 Å². The topological polar surface area (TPSA) is 105 Å². The maximum absolute atomic E-state index is 13.5. The highest BCUT2D eigenvalue weighted by Crippen LogP contribution is 2.37. The predicted octanol–water partition coefficient (Wildman–Crippen LogP) is 3.37. The average molecular weight is 445 g/mol. The maximum atomic E-state index is 13.5. The van der Waals surface area contributed by atoms with Gasteiger partial charge in [-0.2, -0.15) is 18.3 Å². The van der Waals surface area contributed by atoms with Crippen LogP contribution in [0.3, 0.4) is 0 Å². The van der Waals surface area contributed by atoms with E-state index in [0.29, 0.717) is 18.0 Å². The molecule has 1 amide bonds. The largest absolute Gasteiger partial charge is 0.418 e. The number of H-pyrrole nitrogens is 1. The highest BCUT2D eigenvalue weighted by molar-refractivity contribution is 5.90. The minimum Gasteiger partial charge on any atom is -0.417 e. The maximum Gasteiger partial charge on any atom is 0.418 e. The molecule has 0 unspecified atom stereocenters. The van der Waals surface area contributed by atoms with Crippen molar-refractivity contribution >= 4 is 11.4 Å². The van der Waals surface area contributed by atoms with Crippen molar-refractivity contribution in [1.82, 2.24) is 34.7 Å². The molecule has 0 fully saturated rings. The fourth-order valence-electron chi connectivity index (χ4n) is 3.88. The molecule has 1 aliphatic heterocycles. The average Bonchev–Trinajstić information content (AvgIpc) is 3.49. The Kier molecular flexibility index (Phi) is 4.53. The van der Waals surface area contributed by atoms with Gasteiger partial charge < -0.3 is 14.3 Å². The van der Waals surface area contributed by atoms with Crippen LogP contribution in [0.1, 0.15) is 65.0 Å². The van der Waals surface area contributed by atoms with Crippen molar-refractivity contribution in [2.75, 3.05) is 6.54 Å². The van der Waals surface area contributed by atoms with Gasteiger partial charge in [0.1, 0.15) is 6.04 Å². The molecule has 0 spiro atoms. The fourth-order valence-corrected chi connectivity index (χ4v) is 3.88. The summed E-state index contributed by atoms with van der Waals surface area (Å²) < 4.78 is 47.2. The van der Waals surface area contributed by atoms with E-state index in [4.69, 9.17) is 4.42 Å². The van der Waals surface area contributed by atoms with E-state index in [0.717, 1.165) is 16.3 Å². The number of alkyl halides is 3. The lowest BCUT2D eigenvalue weighted by molar-refractivity contribution is -0.136.